The molecular formula is C21H28FN3O3S. The highest BCUT2D eigenvalue weighted by molar-refractivity contribution is 7.89. The molecule has 0 aliphatic heterocycles. The van der Waals surface area contributed by atoms with Crippen LogP contribution in [0.25, 0.3) is 10.9 Å². The van der Waals surface area contributed by atoms with Gasteiger partial charge in [0.25, 0.3) is 5.91 Å². The first-order chi connectivity index (χ1) is 13.7. The van der Waals surface area contributed by atoms with Crippen molar-refractivity contribution in [3.05, 3.63) is 29.2 Å². The van der Waals surface area contributed by atoms with E-state index in [9.17, 15) is 17.6 Å². The molecule has 2 aliphatic carbocycles. The van der Waals surface area contributed by atoms with Crippen LogP contribution in [-0.4, -0.2) is 30.4 Å². The van der Waals surface area contributed by atoms with E-state index in [0.717, 1.165) is 31.1 Å². The van der Waals surface area contributed by atoms with E-state index >= 15 is 0 Å². The number of nitrogens with one attached hydrogen (secondary N) is 1. The molecule has 1 N–H and O–H groups in total. The zero-order chi connectivity index (χ0) is 20.8. The highest BCUT2D eigenvalue weighted by Gasteiger charge is 2.31. The Bertz CT molecular complexity index is 1040. The number of hydrogen-bond acceptors (Lipinski definition) is 4. The van der Waals surface area contributed by atoms with Crippen molar-refractivity contribution in [2.75, 3.05) is 6.26 Å². The number of carbonyl (C=O) groups is 1. The fourth-order valence-corrected chi connectivity index (χ4v) is 5.78. The fraction of sp³-hybridized carbons (Fsp3) is 0.619. The number of aromatic nitrogens is 2. The van der Waals surface area contributed by atoms with Gasteiger partial charge in [0, 0.05) is 18.0 Å². The molecule has 2 atom stereocenters. The number of benzene rings is 1. The zero-order valence-corrected chi connectivity index (χ0v) is 17.8. The predicted octanol–water partition coefficient (Wildman–Crippen LogP) is 3.78. The molecule has 1 heterocycles. The molecule has 1 aromatic heterocycles. The maximum Gasteiger partial charge on any atom is 0.267 e. The maximum atomic E-state index is 14.6. The molecule has 2 unspecified atom stereocenters. The molecule has 1 amide bonds. The van der Waals surface area contributed by atoms with Crippen molar-refractivity contribution in [3.63, 3.8) is 0 Å². The molecule has 1 aromatic carbocycles. The van der Waals surface area contributed by atoms with Crippen LogP contribution in [0, 0.1) is 30.5 Å². The van der Waals surface area contributed by atoms with Gasteiger partial charge in [0.05, 0.1) is 23.0 Å². The summed E-state index contributed by atoms with van der Waals surface area (Å²) in [6.45, 7) is 2.54. The van der Waals surface area contributed by atoms with Crippen LogP contribution in [0.5, 0.6) is 0 Å². The van der Waals surface area contributed by atoms with Gasteiger partial charge in [-0.15, -0.1) is 0 Å². The van der Waals surface area contributed by atoms with Gasteiger partial charge < -0.3 is 0 Å². The monoisotopic (exact) mass is 421 g/mol. The summed E-state index contributed by atoms with van der Waals surface area (Å²) in [5.41, 5.74) is 1.06. The Morgan fingerprint density at radius 1 is 1.24 bits per heavy atom. The summed E-state index contributed by atoms with van der Waals surface area (Å²) in [6.07, 6.45) is 9.97. The van der Waals surface area contributed by atoms with Crippen molar-refractivity contribution < 1.29 is 17.6 Å². The van der Waals surface area contributed by atoms with Crippen LogP contribution in [-0.2, 0) is 16.6 Å². The summed E-state index contributed by atoms with van der Waals surface area (Å²) in [4.78, 5) is 12.1. The van der Waals surface area contributed by atoms with Crippen LogP contribution in [0.3, 0.4) is 0 Å². The van der Waals surface area contributed by atoms with E-state index in [1.807, 2.05) is 16.3 Å². The van der Waals surface area contributed by atoms with Crippen molar-refractivity contribution in [3.8, 4) is 0 Å². The first-order valence-electron chi connectivity index (χ1n) is 10.4. The SMILES string of the molecule is Cc1nn(CCC2CC3CCCC(C3)C2)c2cc(F)c(C(=O)NS(C)(=O)=O)cc12. The van der Waals surface area contributed by atoms with E-state index in [1.54, 1.807) is 0 Å². The standard InChI is InChI=1S/C21H28FN3O3S/c1-13-17-11-18(21(26)24-29(2,27)28)19(22)12-20(17)25(23-13)7-6-16-9-14-4-3-5-15(8-14)10-16/h11-12,14-16H,3-10H2,1-2H3,(H,24,26). The van der Waals surface area contributed by atoms with E-state index in [4.69, 9.17) is 0 Å². The molecule has 0 saturated heterocycles. The number of carbonyl (C=O) groups excluding carboxylic acids is 1. The molecule has 2 saturated carbocycles. The lowest BCUT2D eigenvalue weighted by Crippen LogP contribution is -2.30. The molecule has 2 aliphatic rings. The molecule has 4 rings (SSSR count). The van der Waals surface area contributed by atoms with Gasteiger partial charge >= 0.3 is 0 Å². The van der Waals surface area contributed by atoms with E-state index < -0.39 is 21.7 Å². The van der Waals surface area contributed by atoms with Gasteiger partial charge in [0.2, 0.25) is 10.0 Å². The smallest absolute Gasteiger partial charge is 0.267 e. The Kier molecular flexibility index (Phi) is 5.40. The first kappa shape index (κ1) is 20.3. The molecule has 2 bridgehead atoms. The van der Waals surface area contributed by atoms with E-state index in [1.165, 1.54) is 50.7 Å². The van der Waals surface area contributed by atoms with Gasteiger partial charge in [0.1, 0.15) is 5.82 Å². The fourth-order valence-electron chi connectivity index (χ4n) is 5.33. The highest BCUT2D eigenvalue weighted by Crippen LogP contribution is 2.43. The Morgan fingerprint density at radius 2 is 1.93 bits per heavy atom. The van der Waals surface area contributed by atoms with Gasteiger partial charge in [-0.25, -0.2) is 17.5 Å². The Morgan fingerprint density at radius 3 is 2.59 bits per heavy atom. The Balaban J connectivity index is 1.53. The summed E-state index contributed by atoms with van der Waals surface area (Å²) < 4.78 is 40.8. The zero-order valence-electron chi connectivity index (χ0n) is 16.9. The summed E-state index contributed by atoms with van der Waals surface area (Å²) in [5.74, 6) is 0.733. The molecule has 8 heteroatoms. The topological polar surface area (TPSA) is 81.1 Å². The Labute approximate surface area is 170 Å². The largest absolute Gasteiger partial charge is 0.268 e. The van der Waals surface area contributed by atoms with E-state index in [-0.39, 0.29) is 5.56 Å². The average molecular weight is 422 g/mol. The van der Waals surface area contributed by atoms with Gasteiger partial charge in [-0.05, 0) is 56.4 Å². The first-order valence-corrected chi connectivity index (χ1v) is 12.3. The number of hydrogen-bond donors (Lipinski definition) is 1. The molecular weight excluding hydrogens is 393 g/mol. The van der Waals surface area contributed by atoms with Gasteiger partial charge in [-0.2, -0.15) is 5.10 Å². The second kappa shape index (κ2) is 7.70. The Hall–Kier alpha value is -1.96. The predicted molar refractivity (Wildman–Crippen MR) is 110 cm³/mol. The minimum absolute atomic E-state index is 0.286. The van der Waals surface area contributed by atoms with E-state index in [2.05, 4.69) is 5.10 Å². The summed E-state index contributed by atoms with van der Waals surface area (Å²) in [6, 6.07) is 2.69. The van der Waals surface area contributed by atoms with Crippen LogP contribution in [0.4, 0.5) is 4.39 Å². The van der Waals surface area contributed by atoms with Crippen LogP contribution in [0.15, 0.2) is 12.1 Å². The highest BCUT2D eigenvalue weighted by atomic mass is 32.2. The average Bonchev–Trinajstić information content (AvgIpc) is 2.92. The van der Waals surface area contributed by atoms with Crippen LogP contribution >= 0.6 is 0 Å². The molecule has 2 fully saturated rings. The van der Waals surface area contributed by atoms with Crippen molar-refractivity contribution >= 4 is 26.8 Å². The summed E-state index contributed by atoms with van der Waals surface area (Å²) >= 11 is 0. The molecule has 29 heavy (non-hydrogen) atoms. The molecule has 0 spiro atoms. The quantitative estimate of drug-likeness (QED) is 0.797. The van der Waals surface area contributed by atoms with Crippen LogP contribution in [0.2, 0.25) is 0 Å². The number of amides is 1. The van der Waals surface area contributed by atoms with Gasteiger partial charge in [-0.3, -0.25) is 9.48 Å². The number of fused-ring (bicyclic) bond motifs is 3. The second-order valence-corrected chi connectivity index (χ2v) is 10.6. The minimum Gasteiger partial charge on any atom is -0.268 e. The lowest BCUT2D eigenvalue weighted by Gasteiger charge is -2.39. The van der Waals surface area contributed by atoms with Crippen LogP contribution in [0.1, 0.15) is 61.0 Å². The third-order valence-electron chi connectivity index (χ3n) is 6.52. The molecule has 6 nitrogen and oxygen atoms in total. The number of halogens is 1. The number of aryl methyl sites for hydroxylation is 2. The molecule has 2 aromatic rings. The van der Waals surface area contributed by atoms with Gasteiger partial charge in [0.15, 0.2) is 0 Å². The van der Waals surface area contributed by atoms with Crippen molar-refractivity contribution in [1.29, 1.82) is 0 Å². The third-order valence-corrected chi connectivity index (χ3v) is 7.08. The van der Waals surface area contributed by atoms with Crippen LogP contribution < -0.4 is 4.72 Å². The number of sulfonamides is 1. The summed E-state index contributed by atoms with van der Waals surface area (Å²) in [5, 5.41) is 5.23. The van der Waals surface area contributed by atoms with Crippen molar-refractivity contribution in [1.82, 2.24) is 14.5 Å². The molecule has 158 valence electrons. The summed E-state index contributed by atoms with van der Waals surface area (Å²) in [7, 11) is -3.76. The number of nitrogens with zero attached hydrogens (tertiary/aromatic N) is 2. The van der Waals surface area contributed by atoms with Crippen molar-refractivity contribution in [2.24, 2.45) is 17.8 Å². The lowest BCUT2D eigenvalue weighted by molar-refractivity contribution is 0.0978. The third kappa shape index (κ3) is 4.47. The minimum atomic E-state index is -3.76. The van der Waals surface area contributed by atoms with Crippen molar-refractivity contribution in [2.45, 2.75) is 58.4 Å². The number of rotatable bonds is 5. The van der Waals surface area contributed by atoms with Gasteiger partial charge in [-0.1, -0.05) is 19.3 Å². The maximum absolute atomic E-state index is 14.6. The molecule has 0 radical (unpaired) electrons. The van der Waals surface area contributed by atoms with E-state index in [0.29, 0.717) is 22.5 Å². The lowest BCUT2D eigenvalue weighted by atomic mass is 9.67. The normalized spacial score (nSPS) is 24.6. The second-order valence-electron chi connectivity index (χ2n) is 8.89.